The minimum Gasteiger partial charge on any atom is -0.412 e. The molecule has 5 nitrogen and oxygen atoms in total. The van der Waals surface area contributed by atoms with Crippen LogP contribution in [-0.2, 0) is 5.11 Å². The van der Waals surface area contributed by atoms with Gasteiger partial charge in [0, 0.05) is 6.07 Å². The molecule has 11 heavy (non-hydrogen) atoms. The molecule has 2 N–H and O–H groups in total. The Balaban J connectivity index is 0.000001000. The van der Waals surface area contributed by atoms with E-state index in [9.17, 15) is 15.2 Å². The van der Waals surface area contributed by atoms with Crippen LogP contribution in [0.3, 0.4) is 0 Å². The van der Waals surface area contributed by atoms with E-state index in [0.29, 0.717) is 0 Å². The number of nitro groups is 1. The molecule has 59 valence electrons. The lowest BCUT2D eigenvalue weighted by Crippen LogP contribution is -1.86. The average molecular weight is 156 g/mol. The molecular formula is C6H6NO4. The quantitative estimate of drug-likeness (QED) is 0.446. The SMILES string of the molecule is O.[O]c1ccccc1[N+](=O)[O-]. The van der Waals surface area contributed by atoms with Crippen molar-refractivity contribution in [2.45, 2.75) is 0 Å². The molecule has 0 atom stereocenters. The van der Waals surface area contributed by atoms with Crippen LogP contribution in [0.4, 0.5) is 5.69 Å². The van der Waals surface area contributed by atoms with Crippen molar-refractivity contribution >= 4 is 5.69 Å². The van der Waals surface area contributed by atoms with Crippen molar-refractivity contribution in [1.82, 2.24) is 0 Å². The number of para-hydroxylation sites is 2. The van der Waals surface area contributed by atoms with E-state index in [4.69, 9.17) is 0 Å². The first-order chi connectivity index (χ1) is 4.72. The summed E-state index contributed by atoms with van der Waals surface area (Å²) in [6.45, 7) is 0. The zero-order valence-electron chi connectivity index (χ0n) is 5.48. The van der Waals surface area contributed by atoms with E-state index in [2.05, 4.69) is 0 Å². The normalized spacial score (nSPS) is 8.36. The Labute approximate surface area is 62.4 Å². The molecule has 0 aliphatic carbocycles. The van der Waals surface area contributed by atoms with Crippen LogP contribution in [0, 0.1) is 10.1 Å². The van der Waals surface area contributed by atoms with Gasteiger partial charge in [-0.25, -0.2) is 0 Å². The lowest BCUT2D eigenvalue weighted by Gasteiger charge is -1.88. The summed E-state index contributed by atoms with van der Waals surface area (Å²) in [6, 6.07) is 5.27. The molecule has 0 aliphatic heterocycles. The maximum absolute atomic E-state index is 10.6. The number of benzene rings is 1. The molecule has 1 aromatic carbocycles. The van der Waals surface area contributed by atoms with Gasteiger partial charge < -0.3 is 5.48 Å². The number of rotatable bonds is 1. The van der Waals surface area contributed by atoms with Gasteiger partial charge in [0.25, 0.3) is 5.75 Å². The summed E-state index contributed by atoms with van der Waals surface area (Å²) in [5.41, 5.74) is -0.373. The van der Waals surface area contributed by atoms with Crippen LogP contribution in [0.1, 0.15) is 0 Å². The van der Waals surface area contributed by atoms with E-state index in [1.165, 1.54) is 18.2 Å². The fraction of sp³-hybridized carbons (Fsp3) is 0. The Morgan fingerprint density at radius 1 is 1.27 bits per heavy atom. The summed E-state index contributed by atoms with van der Waals surface area (Å²) in [5, 5.41) is 20.6. The van der Waals surface area contributed by atoms with Gasteiger partial charge in [0.05, 0.1) is 4.92 Å². The summed E-state index contributed by atoms with van der Waals surface area (Å²) < 4.78 is 0. The molecule has 1 radical (unpaired) electrons. The van der Waals surface area contributed by atoms with Crippen molar-refractivity contribution in [3.05, 3.63) is 34.4 Å². The second-order valence-corrected chi connectivity index (χ2v) is 1.72. The molecule has 0 amide bonds. The first-order valence-electron chi connectivity index (χ1n) is 2.62. The maximum Gasteiger partial charge on any atom is 0.316 e. The van der Waals surface area contributed by atoms with Crippen LogP contribution in [0.25, 0.3) is 0 Å². The van der Waals surface area contributed by atoms with Crippen molar-refractivity contribution in [1.29, 1.82) is 0 Å². The summed E-state index contributed by atoms with van der Waals surface area (Å²) in [4.78, 5) is 9.34. The molecule has 0 aliphatic rings. The second kappa shape index (κ2) is 3.52. The van der Waals surface area contributed by atoms with Gasteiger partial charge in [-0.1, -0.05) is 12.1 Å². The summed E-state index contributed by atoms with van der Waals surface area (Å²) >= 11 is 0. The third-order valence-electron chi connectivity index (χ3n) is 1.06. The van der Waals surface area contributed by atoms with Gasteiger partial charge in [-0.15, -0.1) is 0 Å². The van der Waals surface area contributed by atoms with E-state index in [0.717, 1.165) is 6.07 Å². The highest BCUT2D eigenvalue weighted by molar-refractivity contribution is 5.43. The molecule has 1 rings (SSSR count). The first kappa shape index (κ1) is 9.38. The molecule has 1 aromatic rings. The van der Waals surface area contributed by atoms with Crippen molar-refractivity contribution in [3.8, 4) is 5.75 Å². The Morgan fingerprint density at radius 2 is 1.82 bits per heavy atom. The fourth-order valence-corrected chi connectivity index (χ4v) is 0.608. The predicted molar refractivity (Wildman–Crippen MR) is 36.8 cm³/mol. The minimum atomic E-state index is -0.692. The van der Waals surface area contributed by atoms with Crippen LogP contribution in [0.2, 0.25) is 0 Å². The highest BCUT2D eigenvalue weighted by atomic mass is 16.6. The van der Waals surface area contributed by atoms with Crippen molar-refractivity contribution < 1.29 is 15.5 Å². The minimum absolute atomic E-state index is 0. The molecule has 0 saturated heterocycles. The first-order valence-corrected chi connectivity index (χ1v) is 2.62. The molecule has 0 spiro atoms. The standard InChI is InChI=1S/C6H4NO3.H2O/c8-6-4-2-1-3-5(6)7(9)10;/h1-4H;1H2. The molecule has 0 bridgehead atoms. The second-order valence-electron chi connectivity index (χ2n) is 1.72. The van der Waals surface area contributed by atoms with Crippen LogP contribution < -0.4 is 0 Å². The van der Waals surface area contributed by atoms with E-state index >= 15 is 0 Å². The zero-order chi connectivity index (χ0) is 7.56. The van der Waals surface area contributed by atoms with Crippen LogP contribution in [-0.4, -0.2) is 10.4 Å². The van der Waals surface area contributed by atoms with Crippen molar-refractivity contribution in [2.24, 2.45) is 0 Å². The van der Waals surface area contributed by atoms with Crippen molar-refractivity contribution in [2.75, 3.05) is 0 Å². The Morgan fingerprint density at radius 3 is 2.18 bits per heavy atom. The molecule has 0 heterocycles. The Kier molecular flexibility index (Phi) is 3.01. The van der Waals surface area contributed by atoms with Gasteiger partial charge in [0.2, 0.25) is 0 Å². The fourth-order valence-electron chi connectivity index (χ4n) is 0.608. The highest BCUT2D eigenvalue weighted by Crippen LogP contribution is 2.23. The van der Waals surface area contributed by atoms with Crippen LogP contribution >= 0.6 is 0 Å². The van der Waals surface area contributed by atoms with Crippen molar-refractivity contribution in [3.63, 3.8) is 0 Å². The number of hydrogen-bond acceptors (Lipinski definition) is 2. The maximum atomic E-state index is 10.6. The van der Waals surface area contributed by atoms with Gasteiger partial charge in [0.1, 0.15) is 0 Å². The van der Waals surface area contributed by atoms with E-state index in [1.54, 1.807) is 0 Å². The van der Waals surface area contributed by atoms with Gasteiger partial charge in [0.15, 0.2) is 0 Å². The predicted octanol–water partition coefficient (Wildman–Crippen LogP) is 0.914. The number of hydrogen-bond donors (Lipinski definition) is 0. The van der Waals surface area contributed by atoms with Gasteiger partial charge in [-0.05, 0) is 6.07 Å². The van der Waals surface area contributed by atoms with E-state index < -0.39 is 10.7 Å². The third-order valence-corrected chi connectivity index (χ3v) is 1.06. The highest BCUT2D eigenvalue weighted by Gasteiger charge is 2.11. The molecule has 0 fully saturated rings. The monoisotopic (exact) mass is 156 g/mol. The van der Waals surface area contributed by atoms with E-state index in [1.807, 2.05) is 0 Å². The zero-order valence-corrected chi connectivity index (χ0v) is 5.48. The largest absolute Gasteiger partial charge is 0.412 e. The molecule has 0 aromatic heterocycles. The topological polar surface area (TPSA) is 94.5 Å². The van der Waals surface area contributed by atoms with Crippen LogP contribution in [0.15, 0.2) is 24.3 Å². The smallest absolute Gasteiger partial charge is 0.316 e. The third kappa shape index (κ3) is 1.91. The summed E-state index contributed by atoms with van der Waals surface area (Å²) in [7, 11) is 0. The number of nitrogens with zero attached hydrogens (tertiary/aromatic N) is 1. The molecular weight excluding hydrogens is 150 g/mol. The molecule has 5 heteroatoms. The van der Waals surface area contributed by atoms with Gasteiger partial charge in [-0.3, -0.25) is 15.2 Å². The molecule has 0 saturated carbocycles. The van der Waals surface area contributed by atoms with Crippen LogP contribution in [0.5, 0.6) is 5.75 Å². The summed E-state index contributed by atoms with van der Waals surface area (Å²) in [6.07, 6.45) is 0. The van der Waals surface area contributed by atoms with Gasteiger partial charge in [-0.2, -0.15) is 0 Å². The van der Waals surface area contributed by atoms with E-state index in [-0.39, 0.29) is 11.2 Å². The average Bonchev–Trinajstić information content (AvgIpc) is 1.88. The lowest BCUT2D eigenvalue weighted by atomic mass is 10.3. The Bertz CT molecular complexity index is 261. The molecule has 0 unspecified atom stereocenters. The lowest BCUT2D eigenvalue weighted by molar-refractivity contribution is -0.386. The van der Waals surface area contributed by atoms with Gasteiger partial charge >= 0.3 is 5.69 Å². The Hall–Kier alpha value is -1.62. The summed E-state index contributed by atoms with van der Waals surface area (Å²) in [5.74, 6) is -0.549. The number of nitro benzene ring substituents is 1.